The molecule has 3 N–H and O–H groups in total. The van der Waals surface area contributed by atoms with Gasteiger partial charge in [0.15, 0.2) is 10.8 Å². The Morgan fingerprint density at radius 3 is 2.78 bits per heavy atom. The number of hydrogen-bond donors (Lipinski definition) is 2. The quantitative estimate of drug-likeness (QED) is 0.769. The van der Waals surface area contributed by atoms with Crippen LogP contribution in [0.2, 0.25) is 0 Å². The van der Waals surface area contributed by atoms with Crippen LogP contribution in [0, 0.1) is 6.92 Å². The number of primary amides is 1. The molecule has 0 unspecified atom stereocenters. The molecule has 1 aromatic carbocycles. The predicted molar refractivity (Wildman–Crippen MR) is 87.5 cm³/mol. The third kappa shape index (κ3) is 3.00. The minimum atomic E-state index is -0.590. The van der Waals surface area contributed by atoms with E-state index in [0.717, 1.165) is 0 Å². The van der Waals surface area contributed by atoms with E-state index in [1.807, 2.05) is 0 Å². The van der Waals surface area contributed by atoms with Crippen molar-refractivity contribution in [2.45, 2.75) is 6.92 Å². The topological polar surface area (TPSA) is 98.2 Å². The lowest BCUT2D eigenvalue weighted by Crippen LogP contribution is -2.19. The standard InChI is InChI=1S/C16H13N3O3S/c1-9-4-2-5-10(13(9)14(17)20)18-15(21)11-8-23-16(19-11)12-6-3-7-22-12/h2-8H,1H3,(H2,17,20)(H,18,21). The van der Waals surface area contributed by atoms with Crippen molar-refractivity contribution >= 4 is 28.8 Å². The van der Waals surface area contributed by atoms with Gasteiger partial charge in [-0.15, -0.1) is 11.3 Å². The van der Waals surface area contributed by atoms with Gasteiger partial charge in [-0.1, -0.05) is 12.1 Å². The van der Waals surface area contributed by atoms with Gasteiger partial charge in [0, 0.05) is 5.38 Å². The SMILES string of the molecule is Cc1cccc(NC(=O)c2csc(-c3ccco3)n2)c1C(N)=O. The number of rotatable bonds is 4. The summed E-state index contributed by atoms with van der Waals surface area (Å²) in [5.41, 5.74) is 6.99. The summed E-state index contributed by atoms with van der Waals surface area (Å²) >= 11 is 1.30. The highest BCUT2D eigenvalue weighted by atomic mass is 32.1. The van der Waals surface area contributed by atoms with Crippen LogP contribution in [-0.4, -0.2) is 16.8 Å². The summed E-state index contributed by atoms with van der Waals surface area (Å²) in [7, 11) is 0. The van der Waals surface area contributed by atoms with Crippen molar-refractivity contribution in [2.75, 3.05) is 5.32 Å². The molecule has 0 bridgehead atoms. The van der Waals surface area contributed by atoms with Gasteiger partial charge in [0.25, 0.3) is 11.8 Å². The van der Waals surface area contributed by atoms with Crippen molar-refractivity contribution in [1.82, 2.24) is 4.98 Å². The number of benzene rings is 1. The second kappa shape index (κ2) is 6.05. The van der Waals surface area contributed by atoms with Crippen molar-refractivity contribution in [3.63, 3.8) is 0 Å². The highest BCUT2D eigenvalue weighted by molar-refractivity contribution is 7.13. The number of aromatic nitrogens is 1. The number of nitrogens with zero attached hydrogens (tertiary/aromatic N) is 1. The fourth-order valence-electron chi connectivity index (χ4n) is 2.18. The third-order valence-corrected chi connectivity index (χ3v) is 4.09. The summed E-state index contributed by atoms with van der Waals surface area (Å²) in [6, 6.07) is 8.65. The Labute approximate surface area is 136 Å². The van der Waals surface area contributed by atoms with Crippen molar-refractivity contribution < 1.29 is 14.0 Å². The first-order valence-corrected chi connectivity index (χ1v) is 7.64. The van der Waals surface area contributed by atoms with Gasteiger partial charge in [-0.2, -0.15) is 0 Å². The van der Waals surface area contributed by atoms with E-state index in [1.54, 1.807) is 48.9 Å². The smallest absolute Gasteiger partial charge is 0.275 e. The molecule has 0 saturated heterocycles. The van der Waals surface area contributed by atoms with E-state index in [-0.39, 0.29) is 5.69 Å². The van der Waals surface area contributed by atoms with Crippen LogP contribution in [0.4, 0.5) is 5.69 Å². The van der Waals surface area contributed by atoms with Gasteiger partial charge in [-0.05, 0) is 30.7 Å². The van der Waals surface area contributed by atoms with Gasteiger partial charge in [0.2, 0.25) is 0 Å². The van der Waals surface area contributed by atoms with E-state index in [1.165, 1.54) is 11.3 Å². The number of nitrogens with two attached hydrogens (primary N) is 1. The molecule has 0 aliphatic carbocycles. The molecule has 0 aliphatic heterocycles. The molecule has 0 aliphatic rings. The normalized spacial score (nSPS) is 10.5. The minimum Gasteiger partial charge on any atom is -0.462 e. The molecule has 0 atom stereocenters. The molecule has 0 radical (unpaired) electrons. The fourth-order valence-corrected chi connectivity index (χ4v) is 2.94. The number of nitrogens with one attached hydrogen (secondary N) is 1. The number of furan rings is 1. The van der Waals surface area contributed by atoms with Crippen molar-refractivity contribution in [3.8, 4) is 10.8 Å². The average molecular weight is 327 g/mol. The van der Waals surface area contributed by atoms with Crippen LogP contribution < -0.4 is 11.1 Å². The summed E-state index contributed by atoms with van der Waals surface area (Å²) in [6.45, 7) is 1.76. The number of amides is 2. The zero-order valence-corrected chi connectivity index (χ0v) is 13.0. The molecule has 2 amide bonds. The average Bonchev–Trinajstić information content (AvgIpc) is 3.18. The van der Waals surface area contributed by atoms with E-state index >= 15 is 0 Å². The van der Waals surface area contributed by atoms with E-state index in [0.29, 0.717) is 27.6 Å². The number of hydrogen-bond acceptors (Lipinski definition) is 5. The van der Waals surface area contributed by atoms with Crippen LogP contribution >= 0.6 is 11.3 Å². The maximum Gasteiger partial charge on any atom is 0.275 e. The number of thiazole rings is 1. The summed E-state index contributed by atoms with van der Waals surface area (Å²) in [6.07, 6.45) is 1.54. The van der Waals surface area contributed by atoms with E-state index in [9.17, 15) is 9.59 Å². The van der Waals surface area contributed by atoms with Crippen molar-refractivity contribution in [1.29, 1.82) is 0 Å². The van der Waals surface area contributed by atoms with Gasteiger partial charge in [0.05, 0.1) is 17.5 Å². The largest absolute Gasteiger partial charge is 0.462 e. The van der Waals surface area contributed by atoms with Crippen LogP contribution in [0.15, 0.2) is 46.4 Å². The monoisotopic (exact) mass is 327 g/mol. The number of aryl methyl sites for hydroxylation is 1. The first-order valence-electron chi connectivity index (χ1n) is 6.76. The molecule has 7 heteroatoms. The first-order chi connectivity index (χ1) is 11.1. The molecular weight excluding hydrogens is 314 g/mol. The Balaban J connectivity index is 1.86. The maximum atomic E-state index is 12.3. The van der Waals surface area contributed by atoms with E-state index in [2.05, 4.69) is 10.3 Å². The maximum absolute atomic E-state index is 12.3. The van der Waals surface area contributed by atoms with Gasteiger partial charge in [-0.3, -0.25) is 9.59 Å². The van der Waals surface area contributed by atoms with Crippen LogP contribution in [0.1, 0.15) is 26.4 Å². The Morgan fingerprint density at radius 1 is 1.26 bits per heavy atom. The predicted octanol–water partition coefficient (Wildman–Crippen LogP) is 3.06. The Bertz CT molecular complexity index is 869. The Morgan fingerprint density at radius 2 is 2.09 bits per heavy atom. The van der Waals surface area contributed by atoms with Gasteiger partial charge >= 0.3 is 0 Å². The Kier molecular flexibility index (Phi) is 3.94. The zero-order valence-electron chi connectivity index (χ0n) is 12.2. The summed E-state index contributed by atoms with van der Waals surface area (Å²) in [5.74, 6) is -0.400. The lowest BCUT2D eigenvalue weighted by molar-refractivity contribution is 0.100. The second-order valence-corrected chi connectivity index (χ2v) is 5.69. The van der Waals surface area contributed by atoms with Crippen LogP contribution in [0.5, 0.6) is 0 Å². The molecule has 3 aromatic rings. The summed E-state index contributed by atoms with van der Waals surface area (Å²) in [4.78, 5) is 28.1. The lowest BCUT2D eigenvalue weighted by Gasteiger charge is -2.10. The van der Waals surface area contributed by atoms with Crippen LogP contribution in [0.3, 0.4) is 0 Å². The molecule has 0 fully saturated rings. The number of anilines is 1. The van der Waals surface area contributed by atoms with Crippen molar-refractivity contribution in [2.24, 2.45) is 5.73 Å². The highest BCUT2D eigenvalue weighted by Gasteiger charge is 2.17. The molecule has 2 heterocycles. The van der Waals surface area contributed by atoms with Gasteiger partial charge in [-0.25, -0.2) is 4.98 Å². The number of carbonyl (C=O) groups excluding carboxylic acids is 2. The molecular formula is C16H13N3O3S. The second-order valence-electron chi connectivity index (χ2n) is 4.83. The zero-order chi connectivity index (χ0) is 16.4. The molecule has 116 valence electrons. The van der Waals surface area contributed by atoms with Crippen molar-refractivity contribution in [3.05, 3.63) is 58.8 Å². The lowest BCUT2D eigenvalue weighted by atomic mass is 10.1. The first kappa shape index (κ1) is 15.0. The summed E-state index contributed by atoms with van der Waals surface area (Å²) in [5, 5.41) is 4.92. The summed E-state index contributed by atoms with van der Waals surface area (Å²) < 4.78 is 5.25. The van der Waals surface area contributed by atoms with Crippen LogP contribution in [-0.2, 0) is 0 Å². The van der Waals surface area contributed by atoms with Gasteiger partial charge in [0.1, 0.15) is 5.69 Å². The molecule has 2 aromatic heterocycles. The Hall–Kier alpha value is -2.93. The molecule has 6 nitrogen and oxygen atoms in total. The third-order valence-electron chi connectivity index (χ3n) is 3.24. The molecule has 0 saturated carbocycles. The van der Waals surface area contributed by atoms with Crippen LogP contribution in [0.25, 0.3) is 10.8 Å². The highest BCUT2D eigenvalue weighted by Crippen LogP contribution is 2.25. The molecule has 3 rings (SSSR count). The molecule has 0 spiro atoms. The van der Waals surface area contributed by atoms with E-state index < -0.39 is 11.8 Å². The van der Waals surface area contributed by atoms with Gasteiger partial charge < -0.3 is 15.5 Å². The van der Waals surface area contributed by atoms with E-state index in [4.69, 9.17) is 10.2 Å². The number of carbonyl (C=O) groups is 2. The molecule has 23 heavy (non-hydrogen) atoms. The fraction of sp³-hybridized carbons (Fsp3) is 0.0625. The minimum absolute atomic E-state index is 0.248.